The molecule has 0 atom stereocenters. The highest BCUT2D eigenvalue weighted by Crippen LogP contribution is 2.25. The van der Waals surface area contributed by atoms with Gasteiger partial charge in [-0.2, -0.15) is 0 Å². The third-order valence-corrected chi connectivity index (χ3v) is 4.41. The summed E-state index contributed by atoms with van der Waals surface area (Å²) in [6.45, 7) is 0.932. The van der Waals surface area contributed by atoms with Gasteiger partial charge in [0.05, 0.1) is 11.8 Å². The Bertz CT molecular complexity index is 1100. The molecule has 0 unspecified atom stereocenters. The maximum atomic E-state index is 11.9. The topological polar surface area (TPSA) is 80.0 Å². The molecule has 0 saturated heterocycles. The number of hydrogen-bond donors (Lipinski definition) is 2. The number of nitrogens with one attached hydrogen (secondary N) is 2. The fourth-order valence-corrected chi connectivity index (χ4v) is 2.92. The van der Waals surface area contributed by atoms with E-state index in [9.17, 15) is 4.79 Å². The Labute approximate surface area is 166 Å². The Morgan fingerprint density at radius 1 is 0.964 bits per heavy atom. The first kappa shape index (κ1) is 18.0. The van der Waals surface area contributed by atoms with Gasteiger partial charge >= 0.3 is 0 Å². The molecule has 2 N–H and O–H groups in total. The Morgan fingerprint density at radius 3 is 2.57 bits per heavy atom. The van der Waals surface area contributed by atoms with Crippen LogP contribution >= 0.6 is 11.6 Å². The second-order valence-corrected chi connectivity index (χ2v) is 6.52. The molecule has 2 aromatic carbocycles. The number of para-hydroxylation sites is 1. The first-order valence-corrected chi connectivity index (χ1v) is 9.17. The summed E-state index contributed by atoms with van der Waals surface area (Å²) in [4.78, 5) is 21.2. The van der Waals surface area contributed by atoms with Crippen LogP contribution < -0.4 is 10.6 Å². The van der Waals surface area contributed by atoms with Crippen molar-refractivity contribution in [2.75, 3.05) is 18.4 Å². The molecule has 6 nitrogen and oxygen atoms in total. The lowest BCUT2D eigenvalue weighted by Gasteiger charge is -2.11. The number of nitrogens with zero attached hydrogens (tertiary/aromatic N) is 2. The van der Waals surface area contributed by atoms with Crippen LogP contribution in [0.25, 0.3) is 22.3 Å². The summed E-state index contributed by atoms with van der Waals surface area (Å²) in [6, 6.07) is 18.5. The molecule has 0 bridgehead atoms. The zero-order chi connectivity index (χ0) is 19.3. The molecular weight excluding hydrogens is 376 g/mol. The third kappa shape index (κ3) is 3.97. The van der Waals surface area contributed by atoms with Crippen LogP contribution in [0.2, 0.25) is 5.02 Å². The molecule has 0 saturated carbocycles. The molecule has 0 fully saturated rings. The molecule has 140 valence electrons. The zero-order valence-corrected chi connectivity index (χ0v) is 15.6. The van der Waals surface area contributed by atoms with Crippen LogP contribution in [0.5, 0.6) is 0 Å². The average Bonchev–Trinajstić information content (AvgIpc) is 3.26. The van der Waals surface area contributed by atoms with Crippen LogP contribution in [-0.4, -0.2) is 29.0 Å². The first-order valence-electron chi connectivity index (χ1n) is 8.79. The van der Waals surface area contributed by atoms with Crippen molar-refractivity contribution in [2.24, 2.45) is 0 Å². The molecule has 0 radical (unpaired) electrons. The van der Waals surface area contributed by atoms with Gasteiger partial charge in [-0.25, -0.2) is 9.97 Å². The van der Waals surface area contributed by atoms with Gasteiger partial charge in [-0.05, 0) is 48.5 Å². The number of anilines is 1. The highest BCUT2D eigenvalue weighted by molar-refractivity contribution is 6.30. The highest BCUT2D eigenvalue weighted by Gasteiger charge is 2.10. The van der Waals surface area contributed by atoms with Gasteiger partial charge in [0.15, 0.2) is 11.6 Å². The summed E-state index contributed by atoms with van der Waals surface area (Å²) in [7, 11) is 0. The van der Waals surface area contributed by atoms with E-state index < -0.39 is 0 Å². The number of carbonyl (C=O) groups excluding carboxylic acids is 1. The van der Waals surface area contributed by atoms with E-state index in [-0.39, 0.29) is 11.7 Å². The Hall–Kier alpha value is -3.38. The number of hydrogen-bond acceptors (Lipinski definition) is 5. The molecule has 2 heterocycles. The van der Waals surface area contributed by atoms with E-state index in [1.54, 1.807) is 12.1 Å². The standard InChI is InChI=1S/C21H17ClN4O2/c22-15-9-7-14(8-10-15)19-25-17-5-2-1-4-16(17)20(26-19)23-11-12-24-21(27)18-6-3-13-28-18/h1-10,13H,11-12H2,(H,24,27)(H,23,25,26). The van der Waals surface area contributed by atoms with Crippen LogP contribution in [0.1, 0.15) is 10.6 Å². The smallest absolute Gasteiger partial charge is 0.287 e. The average molecular weight is 393 g/mol. The van der Waals surface area contributed by atoms with Crippen molar-refractivity contribution in [1.82, 2.24) is 15.3 Å². The van der Waals surface area contributed by atoms with Crippen LogP contribution in [0.15, 0.2) is 71.3 Å². The summed E-state index contributed by atoms with van der Waals surface area (Å²) in [5, 5.41) is 7.67. The SMILES string of the molecule is O=C(NCCNc1nc(-c2ccc(Cl)cc2)nc2ccccc12)c1ccco1. The lowest BCUT2D eigenvalue weighted by Crippen LogP contribution is -2.28. The maximum absolute atomic E-state index is 11.9. The van der Waals surface area contributed by atoms with E-state index in [2.05, 4.69) is 20.6 Å². The lowest BCUT2D eigenvalue weighted by molar-refractivity contribution is 0.0927. The minimum Gasteiger partial charge on any atom is -0.459 e. The molecule has 2 aromatic heterocycles. The Kier molecular flexibility index (Phi) is 5.21. The van der Waals surface area contributed by atoms with Crippen molar-refractivity contribution in [3.8, 4) is 11.4 Å². The number of rotatable bonds is 6. The van der Waals surface area contributed by atoms with E-state index >= 15 is 0 Å². The van der Waals surface area contributed by atoms with Gasteiger partial charge in [-0.3, -0.25) is 4.79 Å². The molecule has 0 spiro atoms. The molecule has 0 aliphatic carbocycles. The zero-order valence-electron chi connectivity index (χ0n) is 14.9. The molecule has 1 amide bonds. The van der Waals surface area contributed by atoms with Gasteiger partial charge in [-0.15, -0.1) is 0 Å². The van der Waals surface area contributed by atoms with Crippen molar-refractivity contribution in [1.29, 1.82) is 0 Å². The molecule has 0 aliphatic heterocycles. The Balaban J connectivity index is 1.52. The number of fused-ring (bicyclic) bond motifs is 1. The summed E-state index contributed by atoms with van der Waals surface area (Å²) in [5.41, 5.74) is 1.72. The van der Waals surface area contributed by atoms with Crippen LogP contribution in [0.3, 0.4) is 0 Å². The molecule has 4 rings (SSSR count). The van der Waals surface area contributed by atoms with Gasteiger partial charge in [0.2, 0.25) is 0 Å². The van der Waals surface area contributed by atoms with Crippen molar-refractivity contribution >= 4 is 34.2 Å². The molecule has 0 aliphatic rings. The summed E-state index contributed by atoms with van der Waals surface area (Å²) in [5.74, 6) is 1.36. The monoisotopic (exact) mass is 392 g/mol. The molecule has 7 heteroatoms. The van der Waals surface area contributed by atoms with Crippen LogP contribution in [-0.2, 0) is 0 Å². The molecule has 4 aromatic rings. The molecular formula is C21H17ClN4O2. The number of furan rings is 1. The first-order chi connectivity index (χ1) is 13.7. The quantitative estimate of drug-likeness (QED) is 0.476. The van der Waals surface area contributed by atoms with Crippen LogP contribution in [0.4, 0.5) is 5.82 Å². The number of carbonyl (C=O) groups is 1. The Morgan fingerprint density at radius 2 is 1.79 bits per heavy atom. The van der Waals surface area contributed by atoms with Crippen molar-refractivity contribution in [2.45, 2.75) is 0 Å². The highest BCUT2D eigenvalue weighted by atomic mass is 35.5. The normalized spacial score (nSPS) is 10.8. The maximum Gasteiger partial charge on any atom is 0.287 e. The van der Waals surface area contributed by atoms with Gasteiger partial charge in [0.25, 0.3) is 5.91 Å². The fourth-order valence-electron chi connectivity index (χ4n) is 2.79. The van der Waals surface area contributed by atoms with Gasteiger partial charge in [0.1, 0.15) is 5.82 Å². The summed E-state index contributed by atoms with van der Waals surface area (Å²) >= 11 is 5.98. The number of halogens is 1. The van der Waals surface area contributed by atoms with E-state index in [1.807, 2.05) is 48.5 Å². The predicted octanol–water partition coefficient (Wildman–Crippen LogP) is 4.39. The fraction of sp³-hybridized carbons (Fsp3) is 0.0952. The number of aromatic nitrogens is 2. The lowest BCUT2D eigenvalue weighted by atomic mass is 10.2. The third-order valence-electron chi connectivity index (χ3n) is 4.15. The van der Waals surface area contributed by atoms with Crippen molar-refractivity contribution in [3.05, 3.63) is 77.7 Å². The number of amides is 1. The summed E-state index contributed by atoms with van der Waals surface area (Å²) in [6.07, 6.45) is 1.47. The second-order valence-electron chi connectivity index (χ2n) is 6.08. The number of benzene rings is 2. The van der Waals surface area contributed by atoms with Gasteiger partial charge in [0, 0.05) is 29.1 Å². The minimum absolute atomic E-state index is 0.249. The van der Waals surface area contributed by atoms with Crippen molar-refractivity contribution in [3.63, 3.8) is 0 Å². The largest absolute Gasteiger partial charge is 0.459 e. The van der Waals surface area contributed by atoms with E-state index in [4.69, 9.17) is 16.0 Å². The van der Waals surface area contributed by atoms with Crippen LogP contribution in [0, 0.1) is 0 Å². The van der Waals surface area contributed by atoms with E-state index in [0.29, 0.717) is 29.8 Å². The van der Waals surface area contributed by atoms with E-state index in [1.165, 1.54) is 6.26 Å². The minimum atomic E-state index is -0.249. The van der Waals surface area contributed by atoms with Gasteiger partial charge < -0.3 is 15.1 Å². The molecule has 28 heavy (non-hydrogen) atoms. The second kappa shape index (κ2) is 8.10. The predicted molar refractivity (Wildman–Crippen MR) is 110 cm³/mol. The van der Waals surface area contributed by atoms with Crippen molar-refractivity contribution < 1.29 is 9.21 Å². The summed E-state index contributed by atoms with van der Waals surface area (Å²) < 4.78 is 5.08. The van der Waals surface area contributed by atoms with Gasteiger partial charge in [-0.1, -0.05) is 23.7 Å². The van der Waals surface area contributed by atoms with E-state index in [0.717, 1.165) is 16.5 Å².